The fourth-order valence-corrected chi connectivity index (χ4v) is 2.63. The van der Waals surface area contributed by atoms with Crippen LogP contribution in [-0.4, -0.2) is 53.6 Å². The summed E-state index contributed by atoms with van der Waals surface area (Å²) in [6.07, 6.45) is -0.920. The highest BCUT2D eigenvalue weighted by Gasteiger charge is 2.30. The van der Waals surface area contributed by atoms with Gasteiger partial charge in [0, 0.05) is 13.5 Å². The van der Waals surface area contributed by atoms with Crippen LogP contribution in [-0.2, 0) is 19.1 Å². The molecule has 0 aliphatic carbocycles. The Morgan fingerprint density at radius 1 is 1.33 bits per heavy atom. The van der Waals surface area contributed by atoms with Crippen molar-refractivity contribution in [3.8, 4) is 0 Å². The van der Waals surface area contributed by atoms with E-state index in [0.717, 1.165) is 11.1 Å². The number of morpholine rings is 1. The van der Waals surface area contributed by atoms with Gasteiger partial charge in [-0.25, -0.2) is 4.79 Å². The summed E-state index contributed by atoms with van der Waals surface area (Å²) in [5, 5.41) is 11.8. The van der Waals surface area contributed by atoms with E-state index in [1.165, 1.54) is 11.8 Å². The minimum Gasteiger partial charge on any atom is -0.479 e. The average Bonchev–Trinajstić information content (AvgIpc) is 2.54. The molecule has 1 aliphatic rings. The molecule has 2 rings (SSSR count). The van der Waals surface area contributed by atoms with Gasteiger partial charge in [-0.05, 0) is 12.5 Å². The number of carboxylic acids is 1. The van der Waals surface area contributed by atoms with Gasteiger partial charge in [0.25, 0.3) is 0 Å². The number of ether oxygens (including phenoxy) is 1. The van der Waals surface area contributed by atoms with Crippen molar-refractivity contribution in [1.29, 1.82) is 0 Å². The molecule has 0 aromatic heterocycles. The lowest BCUT2D eigenvalue weighted by Crippen LogP contribution is -2.49. The predicted octanol–water partition coefficient (Wildman–Crippen LogP) is 0.874. The molecule has 1 aromatic rings. The van der Waals surface area contributed by atoms with Crippen molar-refractivity contribution in [3.05, 3.63) is 35.4 Å². The largest absolute Gasteiger partial charge is 0.479 e. The molecule has 1 saturated heterocycles. The number of rotatable bonds is 5. The van der Waals surface area contributed by atoms with Gasteiger partial charge in [-0.1, -0.05) is 29.8 Å². The van der Waals surface area contributed by atoms with Crippen LogP contribution in [0.4, 0.5) is 0 Å². The van der Waals surface area contributed by atoms with E-state index in [-0.39, 0.29) is 31.4 Å². The number of carbonyl (C=O) groups excluding carboxylic acids is 2. The van der Waals surface area contributed by atoms with Crippen LogP contribution in [0.2, 0.25) is 0 Å². The quantitative estimate of drug-likeness (QED) is 0.833. The molecule has 7 nitrogen and oxygen atoms in total. The number of carboxylic acid groups (broad SMARTS) is 1. The highest BCUT2D eigenvalue weighted by molar-refractivity contribution is 5.80. The molecule has 1 fully saturated rings. The van der Waals surface area contributed by atoms with E-state index in [1.54, 1.807) is 0 Å². The monoisotopic (exact) mass is 334 g/mol. The molecule has 2 N–H and O–H groups in total. The van der Waals surface area contributed by atoms with E-state index in [0.29, 0.717) is 6.54 Å². The third-order valence-electron chi connectivity index (χ3n) is 3.93. The summed E-state index contributed by atoms with van der Waals surface area (Å²) >= 11 is 0. The van der Waals surface area contributed by atoms with Crippen LogP contribution in [0.15, 0.2) is 24.3 Å². The van der Waals surface area contributed by atoms with Gasteiger partial charge in [0.2, 0.25) is 11.8 Å². The smallest absolute Gasteiger partial charge is 0.334 e. The van der Waals surface area contributed by atoms with Crippen molar-refractivity contribution < 1.29 is 24.2 Å². The SMILES string of the molecule is CC(=O)N[C@@H](CC(=O)N1CCO[C@@H](C(=O)O)C1)c1ccc(C)cc1. The lowest BCUT2D eigenvalue weighted by molar-refractivity contribution is -0.159. The topological polar surface area (TPSA) is 95.9 Å². The zero-order valence-corrected chi connectivity index (χ0v) is 13.8. The molecular formula is C17H22N2O5. The molecule has 1 heterocycles. The van der Waals surface area contributed by atoms with E-state index < -0.39 is 18.1 Å². The second-order valence-corrected chi connectivity index (χ2v) is 5.91. The summed E-state index contributed by atoms with van der Waals surface area (Å²) in [6.45, 7) is 3.93. The maximum absolute atomic E-state index is 12.5. The van der Waals surface area contributed by atoms with Crippen LogP contribution in [0.3, 0.4) is 0 Å². The fraction of sp³-hybridized carbons (Fsp3) is 0.471. The molecule has 1 aliphatic heterocycles. The first-order valence-corrected chi connectivity index (χ1v) is 7.82. The Kier molecular flexibility index (Phi) is 5.92. The van der Waals surface area contributed by atoms with Gasteiger partial charge in [-0.15, -0.1) is 0 Å². The number of amides is 2. The molecule has 0 bridgehead atoms. The van der Waals surface area contributed by atoms with Crippen molar-refractivity contribution in [1.82, 2.24) is 10.2 Å². The number of nitrogens with one attached hydrogen (secondary N) is 1. The molecule has 24 heavy (non-hydrogen) atoms. The first-order valence-electron chi connectivity index (χ1n) is 7.82. The third-order valence-corrected chi connectivity index (χ3v) is 3.93. The molecule has 0 radical (unpaired) electrons. The summed E-state index contributed by atoms with van der Waals surface area (Å²) in [5.41, 5.74) is 1.93. The van der Waals surface area contributed by atoms with E-state index in [2.05, 4.69) is 5.32 Å². The van der Waals surface area contributed by atoms with Crippen LogP contribution >= 0.6 is 0 Å². The highest BCUT2D eigenvalue weighted by atomic mass is 16.5. The van der Waals surface area contributed by atoms with Gasteiger partial charge in [0.05, 0.1) is 25.6 Å². The van der Waals surface area contributed by atoms with E-state index in [4.69, 9.17) is 9.84 Å². The number of nitrogens with zero attached hydrogens (tertiary/aromatic N) is 1. The Labute approximate surface area is 140 Å². The number of benzene rings is 1. The first-order chi connectivity index (χ1) is 11.4. The maximum atomic E-state index is 12.5. The zero-order chi connectivity index (χ0) is 17.7. The van der Waals surface area contributed by atoms with Gasteiger partial charge in [0.1, 0.15) is 0 Å². The zero-order valence-electron chi connectivity index (χ0n) is 13.8. The molecular weight excluding hydrogens is 312 g/mol. The molecule has 2 atom stereocenters. The average molecular weight is 334 g/mol. The molecule has 7 heteroatoms. The maximum Gasteiger partial charge on any atom is 0.334 e. The normalized spacial score (nSPS) is 18.8. The number of hydrogen-bond acceptors (Lipinski definition) is 4. The van der Waals surface area contributed by atoms with Crippen LogP contribution in [0.25, 0.3) is 0 Å². The first kappa shape index (κ1) is 17.9. The number of carbonyl (C=O) groups is 3. The van der Waals surface area contributed by atoms with Crippen LogP contribution < -0.4 is 5.32 Å². The fourth-order valence-electron chi connectivity index (χ4n) is 2.63. The Hall–Kier alpha value is -2.41. The molecule has 0 saturated carbocycles. The Bertz CT molecular complexity index is 614. The summed E-state index contributed by atoms with van der Waals surface area (Å²) in [5.74, 6) is -1.51. The van der Waals surface area contributed by atoms with Crippen molar-refractivity contribution in [2.75, 3.05) is 19.7 Å². The highest BCUT2D eigenvalue weighted by Crippen LogP contribution is 2.20. The number of hydrogen-bond donors (Lipinski definition) is 2. The molecule has 0 spiro atoms. The van der Waals surface area contributed by atoms with Crippen LogP contribution in [0.5, 0.6) is 0 Å². The van der Waals surface area contributed by atoms with Crippen molar-refractivity contribution in [3.63, 3.8) is 0 Å². The number of aryl methyl sites for hydroxylation is 1. The van der Waals surface area contributed by atoms with E-state index in [1.807, 2.05) is 31.2 Å². The van der Waals surface area contributed by atoms with Crippen LogP contribution in [0.1, 0.15) is 30.5 Å². The second-order valence-electron chi connectivity index (χ2n) is 5.91. The lowest BCUT2D eigenvalue weighted by atomic mass is 10.0. The van der Waals surface area contributed by atoms with Crippen molar-refractivity contribution in [2.45, 2.75) is 32.4 Å². The minimum atomic E-state index is -1.08. The minimum absolute atomic E-state index is 0.0227. The summed E-state index contributed by atoms with van der Waals surface area (Å²) in [6, 6.07) is 7.15. The van der Waals surface area contributed by atoms with Gasteiger partial charge >= 0.3 is 5.97 Å². The summed E-state index contributed by atoms with van der Waals surface area (Å²) in [7, 11) is 0. The van der Waals surface area contributed by atoms with E-state index in [9.17, 15) is 14.4 Å². The second kappa shape index (κ2) is 7.92. The van der Waals surface area contributed by atoms with Crippen molar-refractivity contribution in [2.24, 2.45) is 0 Å². The molecule has 2 amide bonds. The van der Waals surface area contributed by atoms with Crippen LogP contribution in [0, 0.1) is 6.92 Å². The molecule has 1 aromatic carbocycles. The Morgan fingerprint density at radius 2 is 2.00 bits per heavy atom. The van der Waals surface area contributed by atoms with Gasteiger partial charge < -0.3 is 20.1 Å². The van der Waals surface area contributed by atoms with E-state index >= 15 is 0 Å². The Morgan fingerprint density at radius 3 is 2.58 bits per heavy atom. The standard InChI is InChI=1S/C17H22N2O5/c1-11-3-5-13(6-4-11)14(18-12(2)20)9-16(21)19-7-8-24-15(10-19)17(22)23/h3-6,14-15H,7-10H2,1-2H3,(H,18,20)(H,22,23)/t14-,15+/m0/s1. The number of aliphatic carboxylic acids is 1. The van der Waals surface area contributed by atoms with Gasteiger partial charge in [-0.3, -0.25) is 9.59 Å². The lowest BCUT2D eigenvalue weighted by Gasteiger charge is -2.32. The van der Waals surface area contributed by atoms with Crippen molar-refractivity contribution >= 4 is 17.8 Å². The summed E-state index contributed by atoms with van der Waals surface area (Å²) in [4.78, 5) is 36.5. The third kappa shape index (κ3) is 4.79. The van der Waals surface area contributed by atoms with Gasteiger partial charge in [-0.2, -0.15) is 0 Å². The van der Waals surface area contributed by atoms with Gasteiger partial charge in [0.15, 0.2) is 6.10 Å². The predicted molar refractivity (Wildman–Crippen MR) is 86.3 cm³/mol. The molecule has 130 valence electrons. The Balaban J connectivity index is 2.08. The molecule has 0 unspecified atom stereocenters. The summed E-state index contributed by atoms with van der Waals surface area (Å²) < 4.78 is 5.12.